The first-order chi connectivity index (χ1) is 13.5. The van der Waals surface area contributed by atoms with Gasteiger partial charge in [0.1, 0.15) is 6.61 Å². The second kappa shape index (κ2) is 12.3. The van der Waals surface area contributed by atoms with E-state index in [2.05, 4.69) is 26.6 Å². The number of nitrogens with one attached hydrogen (secondary N) is 2. The standard InChI is InChI=1S/C21H28BrClN2O3/c1-3-27-20-11-16(13-25-9-8-24-12-15(2)26)10-18(22)21(20)28-14-17-6-4-5-7-19(17)23/h4-7,10-11,15,24-26H,3,8-9,12-14H2,1-2H3. The molecule has 0 aromatic heterocycles. The fraction of sp³-hybridized carbons (Fsp3) is 0.429. The molecule has 0 aliphatic heterocycles. The molecule has 0 aliphatic rings. The molecule has 0 aliphatic carbocycles. The van der Waals surface area contributed by atoms with Crippen LogP contribution in [0.1, 0.15) is 25.0 Å². The first-order valence-electron chi connectivity index (χ1n) is 9.42. The van der Waals surface area contributed by atoms with Gasteiger partial charge in [-0.25, -0.2) is 0 Å². The van der Waals surface area contributed by atoms with E-state index in [-0.39, 0.29) is 6.10 Å². The smallest absolute Gasteiger partial charge is 0.175 e. The molecule has 2 aromatic rings. The maximum absolute atomic E-state index is 9.23. The highest BCUT2D eigenvalue weighted by molar-refractivity contribution is 9.10. The number of hydrogen-bond acceptors (Lipinski definition) is 5. The number of hydrogen-bond donors (Lipinski definition) is 3. The fourth-order valence-electron chi connectivity index (χ4n) is 2.61. The van der Waals surface area contributed by atoms with Crippen LogP contribution in [-0.4, -0.2) is 37.5 Å². The Hall–Kier alpha value is -1.31. The largest absolute Gasteiger partial charge is 0.490 e. The van der Waals surface area contributed by atoms with Gasteiger partial charge in [0.2, 0.25) is 0 Å². The molecule has 0 radical (unpaired) electrons. The first-order valence-corrected chi connectivity index (χ1v) is 10.6. The molecule has 3 N–H and O–H groups in total. The van der Waals surface area contributed by atoms with Crippen LogP contribution in [0.2, 0.25) is 5.02 Å². The molecule has 0 saturated carbocycles. The lowest BCUT2D eigenvalue weighted by Gasteiger charge is -2.16. The third-order valence-corrected chi connectivity index (χ3v) is 4.90. The van der Waals surface area contributed by atoms with Crippen LogP contribution in [0, 0.1) is 0 Å². The van der Waals surface area contributed by atoms with E-state index in [0.29, 0.717) is 42.8 Å². The van der Waals surface area contributed by atoms with E-state index in [1.807, 2.05) is 43.3 Å². The van der Waals surface area contributed by atoms with Crippen molar-refractivity contribution in [3.8, 4) is 11.5 Å². The zero-order valence-electron chi connectivity index (χ0n) is 16.3. The maximum atomic E-state index is 9.23. The van der Waals surface area contributed by atoms with Crippen molar-refractivity contribution in [3.05, 3.63) is 57.0 Å². The second-order valence-electron chi connectivity index (χ2n) is 6.45. The van der Waals surface area contributed by atoms with Crippen molar-refractivity contribution >= 4 is 27.5 Å². The Kier molecular flexibility index (Phi) is 10.1. The van der Waals surface area contributed by atoms with Gasteiger partial charge in [-0.1, -0.05) is 29.8 Å². The first kappa shape index (κ1) is 23.0. The predicted octanol–water partition coefficient (Wildman–Crippen LogP) is 4.14. The average Bonchev–Trinajstić information content (AvgIpc) is 2.65. The number of rotatable bonds is 12. The minimum atomic E-state index is -0.331. The van der Waals surface area contributed by atoms with Gasteiger partial charge in [0.15, 0.2) is 11.5 Å². The van der Waals surface area contributed by atoms with Gasteiger partial charge in [0.05, 0.1) is 17.2 Å². The van der Waals surface area contributed by atoms with Crippen molar-refractivity contribution in [1.82, 2.24) is 10.6 Å². The summed E-state index contributed by atoms with van der Waals surface area (Å²) >= 11 is 9.82. The summed E-state index contributed by atoms with van der Waals surface area (Å²) in [6, 6.07) is 11.7. The van der Waals surface area contributed by atoms with E-state index in [4.69, 9.17) is 21.1 Å². The normalized spacial score (nSPS) is 12.0. The quantitative estimate of drug-likeness (QED) is 0.406. The fourth-order valence-corrected chi connectivity index (χ4v) is 3.41. The topological polar surface area (TPSA) is 62.8 Å². The molecule has 2 aromatic carbocycles. The van der Waals surface area contributed by atoms with Crippen LogP contribution >= 0.6 is 27.5 Å². The van der Waals surface area contributed by atoms with Crippen molar-refractivity contribution in [1.29, 1.82) is 0 Å². The third-order valence-electron chi connectivity index (χ3n) is 3.95. The predicted molar refractivity (Wildman–Crippen MR) is 117 cm³/mol. The lowest BCUT2D eigenvalue weighted by molar-refractivity contribution is 0.191. The summed E-state index contributed by atoms with van der Waals surface area (Å²) in [6.07, 6.45) is -0.331. The highest BCUT2D eigenvalue weighted by atomic mass is 79.9. The summed E-state index contributed by atoms with van der Waals surface area (Å²) in [6.45, 7) is 7.54. The molecule has 154 valence electrons. The Morgan fingerprint density at radius 2 is 1.89 bits per heavy atom. The van der Waals surface area contributed by atoms with Crippen LogP contribution in [0.4, 0.5) is 0 Å². The Bertz CT molecular complexity index is 744. The van der Waals surface area contributed by atoms with Crippen molar-refractivity contribution in [2.24, 2.45) is 0 Å². The van der Waals surface area contributed by atoms with Gasteiger partial charge in [-0.15, -0.1) is 0 Å². The molecule has 0 saturated heterocycles. The average molecular weight is 472 g/mol. The SMILES string of the molecule is CCOc1cc(CNCCNCC(C)O)cc(Br)c1OCc1ccccc1Cl. The summed E-state index contributed by atoms with van der Waals surface area (Å²) in [5.74, 6) is 1.37. The number of ether oxygens (including phenoxy) is 2. The summed E-state index contributed by atoms with van der Waals surface area (Å²) < 4.78 is 12.6. The zero-order valence-corrected chi connectivity index (χ0v) is 18.6. The second-order valence-corrected chi connectivity index (χ2v) is 7.71. The summed E-state index contributed by atoms with van der Waals surface area (Å²) in [7, 11) is 0. The Morgan fingerprint density at radius 1 is 1.14 bits per heavy atom. The van der Waals surface area contributed by atoms with E-state index in [0.717, 1.165) is 28.7 Å². The molecular weight excluding hydrogens is 444 g/mol. The molecule has 2 rings (SSSR count). The summed E-state index contributed by atoms with van der Waals surface area (Å²) in [5.41, 5.74) is 2.02. The monoisotopic (exact) mass is 470 g/mol. The Morgan fingerprint density at radius 3 is 2.61 bits per heavy atom. The number of benzene rings is 2. The van der Waals surface area contributed by atoms with Crippen molar-refractivity contribution < 1.29 is 14.6 Å². The minimum Gasteiger partial charge on any atom is -0.490 e. The highest BCUT2D eigenvalue weighted by Gasteiger charge is 2.13. The zero-order chi connectivity index (χ0) is 20.4. The van der Waals surface area contributed by atoms with Gasteiger partial charge in [-0.2, -0.15) is 0 Å². The lowest BCUT2D eigenvalue weighted by Crippen LogP contribution is -2.31. The van der Waals surface area contributed by atoms with Gasteiger partial charge in [-0.05, 0) is 53.5 Å². The lowest BCUT2D eigenvalue weighted by atomic mass is 10.2. The van der Waals surface area contributed by atoms with Crippen LogP contribution in [-0.2, 0) is 13.2 Å². The molecule has 0 fully saturated rings. The van der Waals surface area contributed by atoms with Gasteiger partial charge < -0.3 is 25.2 Å². The van der Waals surface area contributed by atoms with Gasteiger partial charge in [0, 0.05) is 36.8 Å². The molecule has 1 unspecified atom stereocenters. The molecule has 0 heterocycles. The Balaban J connectivity index is 1.97. The van der Waals surface area contributed by atoms with Gasteiger partial charge in [-0.3, -0.25) is 0 Å². The minimum absolute atomic E-state index is 0.331. The van der Waals surface area contributed by atoms with E-state index in [1.165, 1.54) is 0 Å². The van der Waals surface area contributed by atoms with E-state index in [1.54, 1.807) is 6.92 Å². The van der Waals surface area contributed by atoms with Crippen LogP contribution in [0.3, 0.4) is 0 Å². The molecule has 7 heteroatoms. The molecular formula is C21H28BrClN2O3. The molecule has 1 atom stereocenters. The maximum Gasteiger partial charge on any atom is 0.175 e. The van der Waals surface area contributed by atoms with Crippen LogP contribution < -0.4 is 20.1 Å². The number of aliphatic hydroxyl groups excluding tert-OH is 1. The molecule has 0 spiro atoms. The summed E-state index contributed by atoms with van der Waals surface area (Å²) in [5, 5.41) is 16.5. The molecule has 5 nitrogen and oxygen atoms in total. The van der Waals surface area contributed by atoms with Crippen LogP contribution in [0.5, 0.6) is 11.5 Å². The molecule has 0 bridgehead atoms. The summed E-state index contributed by atoms with van der Waals surface area (Å²) in [4.78, 5) is 0. The third kappa shape index (κ3) is 7.60. The van der Waals surface area contributed by atoms with E-state index in [9.17, 15) is 5.11 Å². The Labute approximate surface area is 180 Å². The van der Waals surface area contributed by atoms with Crippen molar-refractivity contribution in [3.63, 3.8) is 0 Å². The van der Waals surface area contributed by atoms with Crippen molar-refractivity contribution in [2.75, 3.05) is 26.2 Å². The number of aliphatic hydroxyl groups is 1. The molecule has 28 heavy (non-hydrogen) atoms. The highest BCUT2D eigenvalue weighted by Crippen LogP contribution is 2.37. The van der Waals surface area contributed by atoms with E-state index >= 15 is 0 Å². The van der Waals surface area contributed by atoms with Crippen molar-refractivity contribution in [2.45, 2.75) is 33.1 Å². The number of halogens is 2. The van der Waals surface area contributed by atoms with Crippen LogP contribution in [0.15, 0.2) is 40.9 Å². The van der Waals surface area contributed by atoms with Gasteiger partial charge >= 0.3 is 0 Å². The van der Waals surface area contributed by atoms with Crippen LogP contribution in [0.25, 0.3) is 0 Å². The van der Waals surface area contributed by atoms with Gasteiger partial charge in [0.25, 0.3) is 0 Å². The molecule has 0 amide bonds. The van der Waals surface area contributed by atoms with E-state index < -0.39 is 0 Å².